The highest BCUT2D eigenvalue weighted by atomic mass is 32.1. The van der Waals surface area contributed by atoms with E-state index in [1.165, 1.54) is 4.88 Å². The fourth-order valence-corrected chi connectivity index (χ4v) is 2.23. The number of nitrogens with one attached hydrogen (secondary N) is 1. The molecular weight excluding hydrogens is 244 g/mol. The number of anilines is 1. The third-order valence-corrected chi connectivity index (χ3v) is 3.34. The van der Waals surface area contributed by atoms with Gasteiger partial charge in [0.15, 0.2) is 0 Å². The smallest absolute Gasteiger partial charge is 0.0794 e. The zero-order chi connectivity index (χ0) is 12.2. The number of thiazole rings is 1. The van der Waals surface area contributed by atoms with Crippen molar-refractivity contribution >= 4 is 17.0 Å². The molecule has 4 nitrogen and oxygen atoms in total. The molecule has 18 heavy (non-hydrogen) atoms. The minimum absolute atomic E-state index is 0.799. The van der Waals surface area contributed by atoms with Crippen LogP contribution in [0.3, 0.4) is 0 Å². The highest BCUT2D eigenvalue weighted by molar-refractivity contribution is 7.09. The van der Waals surface area contributed by atoms with E-state index in [1.807, 2.05) is 46.9 Å². The first-order chi connectivity index (χ1) is 8.92. The number of hydrogen-bond donors (Lipinski definition) is 1. The highest BCUT2D eigenvalue weighted by Gasteiger charge is 1.99. The van der Waals surface area contributed by atoms with Crippen molar-refractivity contribution in [1.82, 2.24) is 14.8 Å². The molecule has 90 valence electrons. The van der Waals surface area contributed by atoms with Crippen molar-refractivity contribution in [1.29, 1.82) is 0 Å². The predicted octanol–water partition coefficient (Wildman–Crippen LogP) is 2.94. The standard InChI is InChI=1S/C13H12N4S/c1-3-11(15-9-13-8-14-10-18-13)7-12(4-1)17-6-2-5-16-17/h1-8,10,15H,9H2. The molecular formula is C13H12N4S. The first kappa shape index (κ1) is 11.0. The van der Waals surface area contributed by atoms with Crippen LogP contribution in [-0.2, 0) is 6.54 Å². The number of hydrogen-bond acceptors (Lipinski definition) is 4. The summed E-state index contributed by atoms with van der Waals surface area (Å²) in [6, 6.07) is 10.1. The molecule has 0 fully saturated rings. The van der Waals surface area contributed by atoms with Gasteiger partial charge in [0, 0.05) is 29.2 Å². The third kappa shape index (κ3) is 2.41. The van der Waals surface area contributed by atoms with Crippen LogP contribution in [0.4, 0.5) is 5.69 Å². The molecule has 0 saturated heterocycles. The van der Waals surface area contributed by atoms with Gasteiger partial charge in [-0.15, -0.1) is 11.3 Å². The molecule has 0 aliphatic heterocycles. The normalized spacial score (nSPS) is 10.4. The molecule has 0 bridgehead atoms. The monoisotopic (exact) mass is 256 g/mol. The molecule has 1 N–H and O–H groups in total. The van der Waals surface area contributed by atoms with Crippen LogP contribution in [0.25, 0.3) is 5.69 Å². The van der Waals surface area contributed by atoms with Gasteiger partial charge in [-0.3, -0.25) is 4.98 Å². The SMILES string of the molecule is c1cc(NCc2cncs2)cc(-n2cccn2)c1. The van der Waals surface area contributed by atoms with Crippen molar-refractivity contribution in [3.63, 3.8) is 0 Å². The van der Waals surface area contributed by atoms with Crippen molar-refractivity contribution in [2.24, 2.45) is 0 Å². The maximum Gasteiger partial charge on any atom is 0.0794 e. The lowest BCUT2D eigenvalue weighted by Gasteiger charge is -2.07. The average molecular weight is 256 g/mol. The van der Waals surface area contributed by atoms with Gasteiger partial charge in [0.25, 0.3) is 0 Å². The minimum Gasteiger partial charge on any atom is -0.380 e. The second kappa shape index (κ2) is 5.01. The van der Waals surface area contributed by atoms with E-state index in [4.69, 9.17) is 0 Å². The molecule has 0 saturated carbocycles. The van der Waals surface area contributed by atoms with Gasteiger partial charge >= 0.3 is 0 Å². The van der Waals surface area contributed by atoms with Gasteiger partial charge in [-0.1, -0.05) is 6.07 Å². The summed E-state index contributed by atoms with van der Waals surface area (Å²) in [6.45, 7) is 0.799. The first-order valence-electron chi connectivity index (χ1n) is 5.63. The van der Waals surface area contributed by atoms with Gasteiger partial charge in [-0.25, -0.2) is 4.68 Å². The summed E-state index contributed by atoms with van der Waals surface area (Å²) in [4.78, 5) is 5.28. The van der Waals surface area contributed by atoms with E-state index in [1.54, 1.807) is 17.5 Å². The lowest BCUT2D eigenvalue weighted by atomic mass is 10.2. The fourth-order valence-electron chi connectivity index (χ4n) is 1.70. The molecule has 3 rings (SSSR count). The van der Waals surface area contributed by atoms with E-state index >= 15 is 0 Å². The molecule has 0 unspecified atom stereocenters. The van der Waals surface area contributed by atoms with Crippen LogP contribution >= 0.6 is 11.3 Å². The Kier molecular flexibility index (Phi) is 3.06. The summed E-state index contributed by atoms with van der Waals surface area (Å²) in [5.74, 6) is 0. The van der Waals surface area contributed by atoms with Crippen molar-refractivity contribution in [2.45, 2.75) is 6.54 Å². The fraction of sp³-hybridized carbons (Fsp3) is 0.0769. The Hall–Kier alpha value is -2.14. The topological polar surface area (TPSA) is 42.7 Å². The molecule has 2 heterocycles. The quantitative estimate of drug-likeness (QED) is 0.780. The maximum atomic E-state index is 4.22. The Morgan fingerprint density at radius 2 is 2.28 bits per heavy atom. The van der Waals surface area contributed by atoms with E-state index < -0.39 is 0 Å². The minimum atomic E-state index is 0.799. The summed E-state index contributed by atoms with van der Waals surface area (Å²) in [5, 5.41) is 7.60. The summed E-state index contributed by atoms with van der Waals surface area (Å²) < 4.78 is 1.85. The van der Waals surface area contributed by atoms with Crippen LogP contribution in [0.2, 0.25) is 0 Å². The highest BCUT2D eigenvalue weighted by Crippen LogP contribution is 2.15. The molecule has 0 radical (unpaired) electrons. The molecule has 1 aromatic carbocycles. The number of benzene rings is 1. The van der Waals surface area contributed by atoms with Crippen molar-refractivity contribution in [3.05, 3.63) is 59.3 Å². The second-order valence-corrected chi connectivity index (χ2v) is 4.79. The zero-order valence-corrected chi connectivity index (χ0v) is 10.5. The molecule has 0 aliphatic rings. The van der Waals surface area contributed by atoms with E-state index in [9.17, 15) is 0 Å². The average Bonchev–Trinajstić information content (AvgIpc) is 3.10. The Bertz CT molecular complexity index is 602. The lowest BCUT2D eigenvalue weighted by molar-refractivity contribution is 0.880. The Morgan fingerprint density at radius 3 is 3.06 bits per heavy atom. The van der Waals surface area contributed by atoms with E-state index in [0.717, 1.165) is 17.9 Å². The molecule has 2 aromatic heterocycles. The molecule has 0 aliphatic carbocycles. The van der Waals surface area contributed by atoms with Crippen LogP contribution in [0.1, 0.15) is 4.88 Å². The van der Waals surface area contributed by atoms with Crippen LogP contribution in [0.5, 0.6) is 0 Å². The maximum absolute atomic E-state index is 4.22. The van der Waals surface area contributed by atoms with Crippen molar-refractivity contribution in [3.8, 4) is 5.69 Å². The predicted molar refractivity (Wildman–Crippen MR) is 73.0 cm³/mol. The second-order valence-electron chi connectivity index (χ2n) is 3.82. The van der Waals surface area contributed by atoms with E-state index in [-0.39, 0.29) is 0 Å². The molecule has 3 aromatic rings. The van der Waals surface area contributed by atoms with Gasteiger partial charge in [-0.05, 0) is 24.3 Å². The lowest BCUT2D eigenvalue weighted by Crippen LogP contribution is -1.99. The first-order valence-corrected chi connectivity index (χ1v) is 6.51. The Morgan fingerprint density at radius 1 is 1.28 bits per heavy atom. The van der Waals surface area contributed by atoms with Crippen LogP contribution < -0.4 is 5.32 Å². The van der Waals surface area contributed by atoms with E-state index in [0.29, 0.717) is 0 Å². The summed E-state index contributed by atoms with van der Waals surface area (Å²) in [6.07, 6.45) is 5.59. The molecule has 0 spiro atoms. The number of aromatic nitrogens is 3. The largest absolute Gasteiger partial charge is 0.380 e. The van der Waals surface area contributed by atoms with E-state index in [2.05, 4.69) is 21.5 Å². The van der Waals surface area contributed by atoms with Crippen LogP contribution in [0, 0.1) is 0 Å². The summed E-state index contributed by atoms with van der Waals surface area (Å²) >= 11 is 1.65. The summed E-state index contributed by atoms with van der Waals surface area (Å²) in [7, 11) is 0. The van der Waals surface area contributed by atoms with Gasteiger partial charge in [0.1, 0.15) is 0 Å². The molecule has 5 heteroatoms. The van der Waals surface area contributed by atoms with Gasteiger partial charge in [0.05, 0.1) is 17.7 Å². The van der Waals surface area contributed by atoms with Crippen molar-refractivity contribution < 1.29 is 0 Å². The van der Waals surface area contributed by atoms with Gasteiger partial charge in [-0.2, -0.15) is 5.10 Å². The Labute approximate surface area is 109 Å². The Balaban J connectivity index is 1.75. The molecule has 0 amide bonds. The summed E-state index contributed by atoms with van der Waals surface area (Å²) in [5.41, 5.74) is 3.97. The number of nitrogens with zero attached hydrogens (tertiary/aromatic N) is 3. The zero-order valence-electron chi connectivity index (χ0n) is 9.65. The van der Waals surface area contributed by atoms with Crippen molar-refractivity contribution in [2.75, 3.05) is 5.32 Å². The van der Waals surface area contributed by atoms with Gasteiger partial charge in [0.2, 0.25) is 0 Å². The van der Waals surface area contributed by atoms with Crippen LogP contribution in [-0.4, -0.2) is 14.8 Å². The van der Waals surface area contributed by atoms with Gasteiger partial charge < -0.3 is 5.32 Å². The molecule has 0 atom stereocenters. The third-order valence-electron chi connectivity index (χ3n) is 2.57. The number of rotatable bonds is 4. The van der Waals surface area contributed by atoms with Crippen LogP contribution in [0.15, 0.2) is 54.4 Å².